The Morgan fingerprint density at radius 1 is 1.00 bits per heavy atom. The molecule has 1 aliphatic rings. The number of anilines is 2. The lowest BCUT2D eigenvalue weighted by molar-refractivity contribution is 0.0691. The summed E-state index contributed by atoms with van der Waals surface area (Å²) in [5, 5.41) is 20.9. The van der Waals surface area contributed by atoms with E-state index in [-0.39, 0.29) is 5.69 Å². The molecule has 31 heavy (non-hydrogen) atoms. The number of benzene rings is 2. The molecule has 0 radical (unpaired) electrons. The lowest BCUT2D eigenvalue weighted by Gasteiger charge is -2.14. The van der Waals surface area contributed by atoms with E-state index in [1.165, 1.54) is 30.2 Å². The van der Waals surface area contributed by atoms with Crippen LogP contribution in [-0.4, -0.2) is 26.3 Å². The molecule has 6 nitrogen and oxygen atoms in total. The number of nitrogens with one attached hydrogen (secondary N) is 2. The largest absolute Gasteiger partial charge is 0.476 e. The number of hydrogen-bond donors (Lipinski definition) is 3. The van der Waals surface area contributed by atoms with Gasteiger partial charge in [0.1, 0.15) is 0 Å². The average Bonchev–Trinajstić information content (AvgIpc) is 3.23. The Morgan fingerprint density at radius 3 is 2.61 bits per heavy atom. The highest BCUT2D eigenvalue weighted by molar-refractivity contribution is 6.04. The van der Waals surface area contributed by atoms with Crippen molar-refractivity contribution in [3.05, 3.63) is 78.1 Å². The van der Waals surface area contributed by atoms with Crippen molar-refractivity contribution in [2.24, 2.45) is 0 Å². The molecule has 2 heterocycles. The first kappa shape index (κ1) is 19.1. The molecule has 0 atom stereocenters. The minimum atomic E-state index is -1.09. The zero-order chi connectivity index (χ0) is 21.2. The minimum absolute atomic E-state index is 0.0405. The number of rotatable bonds is 5. The maximum atomic E-state index is 11.5. The van der Waals surface area contributed by atoms with Gasteiger partial charge in [0.25, 0.3) is 0 Å². The van der Waals surface area contributed by atoms with Crippen LogP contribution in [0.4, 0.5) is 11.5 Å². The van der Waals surface area contributed by atoms with E-state index in [9.17, 15) is 9.90 Å². The highest BCUT2D eigenvalue weighted by atomic mass is 16.4. The van der Waals surface area contributed by atoms with Crippen LogP contribution in [-0.2, 0) is 0 Å². The number of carboxylic acid groups (broad SMARTS) is 1. The van der Waals surface area contributed by atoms with Crippen LogP contribution in [0.25, 0.3) is 27.6 Å². The smallest absolute Gasteiger partial charge is 0.356 e. The maximum Gasteiger partial charge on any atom is 0.356 e. The van der Waals surface area contributed by atoms with Crippen molar-refractivity contribution >= 4 is 34.0 Å². The molecule has 0 amide bonds. The molecule has 0 spiro atoms. The van der Waals surface area contributed by atoms with Crippen molar-refractivity contribution in [3.8, 4) is 11.1 Å². The molecule has 0 bridgehead atoms. The number of allylic oxidation sites excluding steroid dienone is 2. The topological polar surface area (TPSA) is 90.9 Å². The second kappa shape index (κ2) is 8.07. The first-order valence-electron chi connectivity index (χ1n) is 10.4. The molecule has 0 saturated carbocycles. The van der Waals surface area contributed by atoms with E-state index >= 15 is 0 Å². The van der Waals surface area contributed by atoms with Crippen LogP contribution in [0.3, 0.4) is 0 Å². The number of fused-ring (bicyclic) bond motifs is 1. The number of pyridine rings is 1. The average molecular weight is 410 g/mol. The number of aromatic nitrogens is 3. The van der Waals surface area contributed by atoms with Crippen LogP contribution >= 0.6 is 0 Å². The van der Waals surface area contributed by atoms with Gasteiger partial charge in [-0.05, 0) is 66.1 Å². The van der Waals surface area contributed by atoms with E-state index < -0.39 is 5.97 Å². The van der Waals surface area contributed by atoms with Crippen LogP contribution < -0.4 is 5.32 Å². The Balaban J connectivity index is 1.54. The SMILES string of the molecule is O=C(O)c1ncccc1Nc1n[nH]c2cccc(-c3ccc(C4=CCCCC4)cc3)c12. The third kappa shape index (κ3) is 3.68. The molecular formula is C25H22N4O2. The van der Waals surface area contributed by atoms with Gasteiger partial charge in [-0.1, -0.05) is 42.5 Å². The van der Waals surface area contributed by atoms with Crippen LogP contribution in [0, 0.1) is 0 Å². The Bertz CT molecular complexity index is 1290. The second-order valence-electron chi connectivity index (χ2n) is 7.68. The predicted octanol–water partition coefficient (Wildman–Crippen LogP) is 6.02. The molecule has 2 aromatic heterocycles. The van der Waals surface area contributed by atoms with E-state index in [4.69, 9.17) is 0 Å². The van der Waals surface area contributed by atoms with Crippen LogP contribution in [0.5, 0.6) is 0 Å². The highest BCUT2D eigenvalue weighted by Crippen LogP contribution is 2.35. The van der Waals surface area contributed by atoms with Crippen LogP contribution in [0.15, 0.2) is 66.9 Å². The van der Waals surface area contributed by atoms with Crippen molar-refractivity contribution in [1.29, 1.82) is 0 Å². The van der Waals surface area contributed by atoms with Gasteiger partial charge in [-0.25, -0.2) is 9.78 Å². The molecule has 0 unspecified atom stereocenters. The first-order valence-corrected chi connectivity index (χ1v) is 10.4. The van der Waals surface area contributed by atoms with Crippen molar-refractivity contribution < 1.29 is 9.90 Å². The van der Waals surface area contributed by atoms with Gasteiger partial charge in [0, 0.05) is 6.20 Å². The zero-order valence-electron chi connectivity index (χ0n) is 16.9. The summed E-state index contributed by atoms with van der Waals surface area (Å²) in [4.78, 5) is 15.5. The lowest BCUT2D eigenvalue weighted by atomic mass is 9.92. The standard InChI is InChI=1S/C25H22N4O2/c30-25(31)23-21(10-5-15-26-23)27-24-22-19(8-4-9-20(22)28-29-24)18-13-11-17(12-14-18)16-6-2-1-3-7-16/h4-6,8-15H,1-3,7H2,(H,30,31)(H2,27,28,29). The van der Waals surface area contributed by atoms with Gasteiger partial charge < -0.3 is 10.4 Å². The van der Waals surface area contributed by atoms with Crippen LogP contribution in [0.2, 0.25) is 0 Å². The van der Waals surface area contributed by atoms with Gasteiger partial charge in [-0.2, -0.15) is 5.10 Å². The number of aromatic carboxylic acids is 1. The molecule has 0 saturated heterocycles. The number of carboxylic acids is 1. The Kier molecular flexibility index (Phi) is 4.96. The molecule has 3 N–H and O–H groups in total. The van der Waals surface area contributed by atoms with Crippen molar-refractivity contribution in [1.82, 2.24) is 15.2 Å². The number of hydrogen-bond acceptors (Lipinski definition) is 4. The monoisotopic (exact) mass is 410 g/mol. The van der Waals surface area contributed by atoms with Gasteiger partial charge in [-0.15, -0.1) is 0 Å². The predicted molar refractivity (Wildman–Crippen MR) is 122 cm³/mol. The number of H-pyrrole nitrogens is 1. The molecule has 154 valence electrons. The number of aromatic amines is 1. The Morgan fingerprint density at radius 2 is 1.84 bits per heavy atom. The zero-order valence-corrected chi connectivity index (χ0v) is 16.9. The van der Waals surface area contributed by atoms with Crippen molar-refractivity contribution in [2.45, 2.75) is 25.7 Å². The summed E-state index contributed by atoms with van der Waals surface area (Å²) in [5.74, 6) is -0.518. The minimum Gasteiger partial charge on any atom is -0.476 e. The third-order valence-corrected chi connectivity index (χ3v) is 5.71. The fraction of sp³-hybridized carbons (Fsp3) is 0.160. The molecule has 6 heteroatoms. The summed E-state index contributed by atoms with van der Waals surface area (Å²) < 4.78 is 0. The van der Waals surface area contributed by atoms with Crippen molar-refractivity contribution in [3.63, 3.8) is 0 Å². The van der Waals surface area contributed by atoms with Crippen LogP contribution in [0.1, 0.15) is 41.7 Å². The highest BCUT2D eigenvalue weighted by Gasteiger charge is 2.16. The summed E-state index contributed by atoms with van der Waals surface area (Å²) in [5.41, 5.74) is 6.06. The maximum absolute atomic E-state index is 11.5. The van der Waals surface area contributed by atoms with Gasteiger partial charge in [-0.3, -0.25) is 5.10 Å². The van der Waals surface area contributed by atoms with Gasteiger partial charge in [0.2, 0.25) is 0 Å². The normalized spacial score (nSPS) is 13.7. The summed E-state index contributed by atoms with van der Waals surface area (Å²) in [6.07, 6.45) is 8.65. The second-order valence-corrected chi connectivity index (χ2v) is 7.68. The first-order chi connectivity index (χ1) is 15.2. The molecular weight excluding hydrogens is 388 g/mol. The lowest BCUT2D eigenvalue weighted by Crippen LogP contribution is -2.05. The van der Waals surface area contributed by atoms with E-state index in [0.717, 1.165) is 34.9 Å². The van der Waals surface area contributed by atoms with E-state index in [1.807, 2.05) is 12.1 Å². The van der Waals surface area contributed by atoms with Gasteiger partial charge in [0.05, 0.1) is 16.6 Å². The molecule has 2 aromatic carbocycles. The summed E-state index contributed by atoms with van der Waals surface area (Å²) in [6.45, 7) is 0. The molecule has 0 fully saturated rings. The van der Waals surface area contributed by atoms with E-state index in [1.54, 1.807) is 12.1 Å². The van der Waals surface area contributed by atoms with E-state index in [0.29, 0.717) is 11.5 Å². The Hall–Kier alpha value is -3.93. The third-order valence-electron chi connectivity index (χ3n) is 5.71. The summed E-state index contributed by atoms with van der Waals surface area (Å²) in [7, 11) is 0. The summed E-state index contributed by atoms with van der Waals surface area (Å²) >= 11 is 0. The fourth-order valence-electron chi connectivity index (χ4n) is 4.17. The van der Waals surface area contributed by atoms with E-state index in [2.05, 4.69) is 56.9 Å². The number of nitrogens with zero attached hydrogens (tertiary/aromatic N) is 2. The molecule has 0 aliphatic heterocycles. The van der Waals surface area contributed by atoms with Gasteiger partial charge >= 0.3 is 5.97 Å². The molecule has 1 aliphatic carbocycles. The number of carbonyl (C=O) groups is 1. The molecule has 5 rings (SSSR count). The quantitative estimate of drug-likeness (QED) is 0.374. The van der Waals surface area contributed by atoms with Gasteiger partial charge in [0.15, 0.2) is 11.5 Å². The van der Waals surface area contributed by atoms with Crippen molar-refractivity contribution in [2.75, 3.05) is 5.32 Å². The fourth-order valence-corrected chi connectivity index (χ4v) is 4.17. The Labute approximate surface area is 179 Å². The summed E-state index contributed by atoms with van der Waals surface area (Å²) in [6, 6.07) is 18.0. The molecule has 4 aromatic rings.